The van der Waals surface area contributed by atoms with E-state index in [1.165, 1.54) is 44.4 Å². The number of amides is 1. The van der Waals surface area contributed by atoms with Crippen LogP contribution in [0.3, 0.4) is 0 Å². The van der Waals surface area contributed by atoms with Crippen LogP contribution in [-0.4, -0.2) is 41.3 Å². The van der Waals surface area contributed by atoms with E-state index in [1.54, 1.807) is 12.1 Å². The minimum absolute atomic E-state index is 0.220. The molecule has 3 aliphatic rings. The Morgan fingerprint density at radius 2 is 1.97 bits per heavy atom. The van der Waals surface area contributed by atoms with Crippen LogP contribution in [0.4, 0.5) is 4.39 Å². The number of hydrogen-bond donors (Lipinski definition) is 0. The first kappa shape index (κ1) is 21.9. The zero-order valence-electron chi connectivity index (χ0n) is 18.0. The Morgan fingerprint density at radius 3 is 2.63 bits per heavy atom. The minimum atomic E-state index is -1.32. The molecule has 4 nitrogen and oxygen atoms in total. The first-order chi connectivity index (χ1) is 14.5. The quantitative estimate of drug-likeness (QED) is 0.552. The highest BCUT2D eigenvalue weighted by Gasteiger charge is 2.43. The molecule has 0 radical (unpaired) electrons. The SMILES string of the molecule is C[S+]([O-])c1ccc(OCC[C@@H]2C[C@@H]2C2CCN(C(=O)CC3CCCC3)CC2)cc1F. The molecule has 1 aliphatic heterocycles. The molecule has 6 heteroatoms. The average molecular weight is 436 g/mol. The summed E-state index contributed by atoms with van der Waals surface area (Å²) < 4.78 is 31.1. The van der Waals surface area contributed by atoms with Gasteiger partial charge in [0.2, 0.25) is 5.91 Å². The molecule has 166 valence electrons. The fourth-order valence-corrected chi connectivity index (χ4v) is 6.07. The van der Waals surface area contributed by atoms with Crippen LogP contribution < -0.4 is 4.74 Å². The van der Waals surface area contributed by atoms with E-state index in [0.717, 1.165) is 50.6 Å². The first-order valence-electron chi connectivity index (χ1n) is 11.5. The second kappa shape index (κ2) is 9.90. The smallest absolute Gasteiger partial charge is 0.222 e. The Labute approximate surface area is 182 Å². The number of hydrogen-bond acceptors (Lipinski definition) is 3. The molecule has 3 fully saturated rings. The van der Waals surface area contributed by atoms with Gasteiger partial charge in [0.25, 0.3) is 0 Å². The molecule has 1 aromatic rings. The van der Waals surface area contributed by atoms with Crippen LogP contribution in [0.5, 0.6) is 5.75 Å². The van der Waals surface area contributed by atoms with Crippen LogP contribution in [0.15, 0.2) is 23.1 Å². The van der Waals surface area contributed by atoms with Crippen molar-refractivity contribution < 1.29 is 18.5 Å². The van der Waals surface area contributed by atoms with Gasteiger partial charge in [-0.3, -0.25) is 4.79 Å². The number of benzene rings is 1. The molecule has 0 aromatic heterocycles. The van der Waals surface area contributed by atoms with Crippen molar-refractivity contribution in [2.75, 3.05) is 26.0 Å². The number of carbonyl (C=O) groups is 1. The van der Waals surface area contributed by atoms with Crippen molar-refractivity contribution in [3.05, 3.63) is 24.0 Å². The van der Waals surface area contributed by atoms with E-state index >= 15 is 0 Å². The van der Waals surface area contributed by atoms with Crippen molar-refractivity contribution in [2.45, 2.75) is 62.7 Å². The summed E-state index contributed by atoms with van der Waals surface area (Å²) in [6.45, 7) is 2.45. The molecular weight excluding hydrogens is 401 g/mol. The van der Waals surface area contributed by atoms with Crippen LogP contribution in [-0.2, 0) is 16.0 Å². The lowest BCUT2D eigenvalue weighted by atomic mass is 9.90. The molecule has 1 unspecified atom stereocenters. The molecular formula is C24H34FNO3S. The first-order valence-corrected chi connectivity index (χ1v) is 13.1. The van der Waals surface area contributed by atoms with Crippen molar-refractivity contribution in [1.29, 1.82) is 0 Å². The highest BCUT2D eigenvalue weighted by atomic mass is 32.2. The molecule has 1 aromatic carbocycles. The summed E-state index contributed by atoms with van der Waals surface area (Å²) in [6, 6.07) is 4.57. The normalized spacial score (nSPS) is 26.0. The third-order valence-corrected chi connectivity index (χ3v) is 8.33. The van der Waals surface area contributed by atoms with Gasteiger partial charge in [0.1, 0.15) is 12.0 Å². The molecule has 1 amide bonds. The van der Waals surface area contributed by atoms with Gasteiger partial charge in [0.15, 0.2) is 10.7 Å². The Balaban J connectivity index is 1.14. The Kier molecular flexibility index (Phi) is 7.24. The Bertz CT molecular complexity index is 729. The number of likely N-dealkylation sites (tertiary alicyclic amines) is 1. The maximum atomic E-state index is 13.9. The van der Waals surface area contributed by atoms with Gasteiger partial charge >= 0.3 is 0 Å². The molecule has 1 saturated heterocycles. The van der Waals surface area contributed by atoms with Gasteiger partial charge in [-0.05, 0) is 85.5 Å². The molecule has 1 heterocycles. The van der Waals surface area contributed by atoms with Crippen LogP contribution in [0, 0.1) is 29.5 Å². The topological polar surface area (TPSA) is 52.6 Å². The van der Waals surface area contributed by atoms with E-state index in [1.807, 2.05) is 0 Å². The number of rotatable bonds is 8. The lowest BCUT2D eigenvalue weighted by Crippen LogP contribution is -2.39. The second-order valence-electron chi connectivity index (χ2n) is 9.42. The van der Waals surface area contributed by atoms with Gasteiger partial charge in [-0.25, -0.2) is 4.39 Å². The predicted molar refractivity (Wildman–Crippen MR) is 116 cm³/mol. The summed E-state index contributed by atoms with van der Waals surface area (Å²) in [7, 11) is 0. The zero-order chi connectivity index (χ0) is 21.1. The maximum absolute atomic E-state index is 13.9. The minimum Gasteiger partial charge on any atom is -0.612 e. The largest absolute Gasteiger partial charge is 0.612 e. The van der Waals surface area contributed by atoms with Gasteiger partial charge < -0.3 is 14.2 Å². The monoisotopic (exact) mass is 435 g/mol. The lowest BCUT2D eigenvalue weighted by Gasteiger charge is -2.33. The predicted octanol–water partition coefficient (Wildman–Crippen LogP) is 4.79. The van der Waals surface area contributed by atoms with Gasteiger partial charge in [0, 0.05) is 25.6 Å². The summed E-state index contributed by atoms with van der Waals surface area (Å²) >= 11 is -1.32. The van der Waals surface area contributed by atoms with Gasteiger partial charge in [-0.15, -0.1) is 0 Å². The maximum Gasteiger partial charge on any atom is 0.222 e. The van der Waals surface area contributed by atoms with E-state index in [0.29, 0.717) is 30.1 Å². The highest BCUT2D eigenvalue weighted by Crippen LogP contribution is 2.49. The van der Waals surface area contributed by atoms with Gasteiger partial charge in [0.05, 0.1) is 6.61 Å². The fraction of sp³-hybridized carbons (Fsp3) is 0.708. The molecule has 30 heavy (non-hydrogen) atoms. The summed E-state index contributed by atoms with van der Waals surface area (Å²) in [6.07, 6.45) is 11.8. The van der Waals surface area contributed by atoms with Gasteiger partial charge in [-0.1, -0.05) is 12.8 Å². The third-order valence-electron chi connectivity index (χ3n) is 7.38. The lowest BCUT2D eigenvalue weighted by molar-refractivity contribution is -0.133. The number of carbonyl (C=O) groups excluding carboxylic acids is 1. The highest BCUT2D eigenvalue weighted by molar-refractivity contribution is 7.90. The fourth-order valence-electron chi connectivity index (χ4n) is 5.48. The van der Waals surface area contributed by atoms with Crippen molar-refractivity contribution in [2.24, 2.45) is 23.7 Å². The van der Waals surface area contributed by atoms with Crippen LogP contribution in [0.25, 0.3) is 0 Å². The van der Waals surface area contributed by atoms with E-state index in [-0.39, 0.29) is 4.90 Å². The van der Waals surface area contributed by atoms with Crippen molar-refractivity contribution in [1.82, 2.24) is 4.90 Å². The summed E-state index contributed by atoms with van der Waals surface area (Å²) in [4.78, 5) is 14.9. The molecule has 0 bridgehead atoms. The van der Waals surface area contributed by atoms with Crippen LogP contribution in [0.2, 0.25) is 0 Å². The van der Waals surface area contributed by atoms with E-state index in [9.17, 15) is 13.7 Å². The molecule has 0 N–H and O–H groups in total. The van der Waals surface area contributed by atoms with Crippen molar-refractivity contribution in [3.8, 4) is 5.75 Å². The summed E-state index contributed by atoms with van der Waals surface area (Å²) in [5, 5.41) is 0. The summed E-state index contributed by atoms with van der Waals surface area (Å²) in [5.41, 5.74) is 0. The summed E-state index contributed by atoms with van der Waals surface area (Å²) in [5.74, 6) is 3.26. The van der Waals surface area contributed by atoms with Crippen molar-refractivity contribution >= 4 is 17.1 Å². The van der Waals surface area contributed by atoms with E-state index < -0.39 is 17.0 Å². The van der Waals surface area contributed by atoms with Crippen molar-refractivity contribution in [3.63, 3.8) is 0 Å². The average Bonchev–Trinajstić information content (AvgIpc) is 3.31. The number of nitrogens with zero attached hydrogens (tertiary/aromatic N) is 1. The number of halogens is 1. The molecule has 3 atom stereocenters. The van der Waals surface area contributed by atoms with Gasteiger partial charge in [-0.2, -0.15) is 0 Å². The molecule has 2 aliphatic carbocycles. The standard InChI is InChI=1S/C24H34FNO3S/c1-30(28)23-7-6-20(16-22(23)25)29-13-10-19-15-21(19)18-8-11-26(12-9-18)24(27)14-17-4-2-3-5-17/h6-7,16-19,21H,2-5,8-15H2,1H3/t19-,21-,30?/m1/s1. The van der Waals surface area contributed by atoms with Crippen LogP contribution >= 0.6 is 0 Å². The van der Waals surface area contributed by atoms with E-state index in [2.05, 4.69) is 4.90 Å². The number of ether oxygens (including phenoxy) is 1. The molecule has 2 saturated carbocycles. The van der Waals surface area contributed by atoms with E-state index in [4.69, 9.17) is 4.74 Å². The zero-order valence-corrected chi connectivity index (χ0v) is 18.8. The molecule has 0 spiro atoms. The van der Waals surface area contributed by atoms with Crippen LogP contribution in [0.1, 0.15) is 57.8 Å². The number of piperidine rings is 1. The Hall–Kier alpha value is -1.27. The Morgan fingerprint density at radius 1 is 1.23 bits per heavy atom. The second-order valence-corrected chi connectivity index (χ2v) is 10.8. The third kappa shape index (κ3) is 5.50. The molecule has 4 rings (SSSR count).